The first-order valence-corrected chi connectivity index (χ1v) is 6.53. The molecule has 19 heavy (non-hydrogen) atoms. The predicted octanol–water partition coefficient (Wildman–Crippen LogP) is 0.388. The first-order valence-electron chi connectivity index (χ1n) is 6.53. The highest BCUT2D eigenvalue weighted by Gasteiger charge is 2.13. The van der Waals surface area contributed by atoms with E-state index < -0.39 is 0 Å². The Bertz CT molecular complexity index is 391. The van der Waals surface area contributed by atoms with Crippen molar-refractivity contribution in [1.29, 1.82) is 0 Å². The van der Waals surface area contributed by atoms with Gasteiger partial charge in [0.05, 0.1) is 6.54 Å². The summed E-state index contributed by atoms with van der Waals surface area (Å²) in [5, 5.41) is 13.7. The number of nitrogens with one attached hydrogen (secondary N) is 2. The molecule has 0 aliphatic rings. The van der Waals surface area contributed by atoms with Crippen LogP contribution in [0, 0.1) is 5.92 Å². The minimum Gasteiger partial charge on any atom is -0.407 e. The van der Waals surface area contributed by atoms with E-state index in [1.807, 2.05) is 6.92 Å². The third-order valence-corrected chi connectivity index (χ3v) is 2.40. The standard InChI is InChI=1S/C12H23N5O2/c1-5-13-7-11-15-16-12(19-11)17(4)8-10(18)14-6-9(2)3/h9,13H,5-8H2,1-4H3,(H,14,18). The summed E-state index contributed by atoms with van der Waals surface area (Å²) in [5.74, 6) is 0.901. The lowest BCUT2D eigenvalue weighted by atomic mass is 10.2. The number of amides is 1. The molecule has 0 aliphatic heterocycles. The van der Waals surface area contributed by atoms with E-state index in [0.717, 1.165) is 6.54 Å². The van der Waals surface area contributed by atoms with E-state index in [4.69, 9.17) is 4.42 Å². The van der Waals surface area contributed by atoms with E-state index in [-0.39, 0.29) is 12.5 Å². The van der Waals surface area contributed by atoms with Crippen molar-refractivity contribution in [3.8, 4) is 0 Å². The van der Waals surface area contributed by atoms with Crippen LogP contribution in [-0.2, 0) is 11.3 Å². The van der Waals surface area contributed by atoms with Crippen LogP contribution in [0.2, 0.25) is 0 Å². The molecule has 1 aromatic heterocycles. The summed E-state index contributed by atoms with van der Waals surface area (Å²) in [6.07, 6.45) is 0. The van der Waals surface area contributed by atoms with E-state index in [2.05, 4.69) is 34.7 Å². The molecule has 2 N–H and O–H groups in total. The summed E-state index contributed by atoms with van der Waals surface area (Å²) < 4.78 is 5.44. The van der Waals surface area contributed by atoms with Crippen molar-refractivity contribution in [3.63, 3.8) is 0 Å². The molecule has 0 spiro atoms. The summed E-state index contributed by atoms with van der Waals surface area (Å²) in [7, 11) is 1.75. The first kappa shape index (κ1) is 15.4. The number of rotatable bonds is 8. The van der Waals surface area contributed by atoms with E-state index in [1.165, 1.54) is 0 Å². The van der Waals surface area contributed by atoms with Crippen molar-refractivity contribution < 1.29 is 9.21 Å². The minimum absolute atomic E-state index is 0.0531. The van der Waals surface area contributed by atoms with Gasteiger partial charge in [-0.05, 0) is 12.5 Å². The number of hydrogen-bond donors (Lipinski definition) is 2. The highest BCUT2D eigenvalue weighted by atomic mass is 16.4. The fraction of sp³-hybridized carbons (Fsp3) is 0.750. The molecule has 108 valence electrons. The summed E-state index contributed by atoms with van der Waals surface area (Å²) >= 11 is 0. The monoisotopic (exact) mass is 269 g/mol. The number of hydrogen-bond acceptors (Lipinski definition) is 6. The Morgan fingerprint density at radius 3 is 2.79 bits per heavy atom. The average Bonchev–Trinajstić information content (AvgIpc) is 2.82. The summed E-state index contributed by atoms with van der Waals surface area (Å²) in [4.78, 5) is 13.3. The second-order valence-corrected chi connectivity index (χ2v) is 4.81. The van der Waals surface area contributed by atoms with Gasteiger partial charge in [-0.1, -0.05) is 25.9 Å². The normalized spacial score (nSPS) is 10.8. The van der Waals surface area contributed by atoms with Gasteiger partial charge in [0.15, 0.2) is 0 Å². The van der Waals surface area contributed by atoms with Gasteiger partial charge >= 0.3 is 6.01 Å². The quantitative estimate of drug-likeness (QED) is 0.710. The van der Waals surface area contributed by atoms with Gasteiger partial charge in [0.2, 0.25) is 11.8 Å². The molecule has 1 aromatic rings. The van der Waals surface area contributed by atoms with Gasteiger partial charge in [-0.15, -0.1) is 5.10 Å². The molecule has 1 heterocycles. The van der Waals surface area contributed by atoms with Crippen LogP contribution in [0.1, 0.15) is 26.7 Å². The van der Waals surface area contributed by atoms with Gasteiger partial charge < -0.3 is 20.0 Å². The maximum absolute atomic E-state index is 11.7. The van der Waals surface area contributed by atoms with Crippen LogP contribution < -0.4 is 15.5 Å². The summed E-state index contributed by atoms with van der Waals surface area (Å²) in [6, 6.07) is 0.354. The van der Waals surface area contributed by atoms with E-state index >= 15 is 0 Å². The van der Waals surface area contributed by atoms with Crippen molar-refractivity contribution in [2.45, 2.75) is 27.3 Å². The van der Waals surface area contributed by atoms with Crippen molar-refractivity contribution in [2.75, 3.05) is 31.6 Å². The van der Waals surface area contributed by atoms with Crippen LogP contribution >= 0.6 is 0 Å². The van der Waals surface area contributed by atoms with Crippen LogP contribution in [0.3, 0.4) is 0 Å². The number of carbonyl (C=O) groups excluding carboxylic acids is 1. The van der Waals surface area contributed by atoms with Crippen LogP contribution in [0.5, 0.6) is 0 Å². The Balaban J connectivity index is 2.41. The van der Waals surface area contributed by atoms with Crippen LogP contribution in [0.15, 0.2) is 4.42 Å². The molecule has 7 nitrogen and oxygen atoms in total. The molecule has 0 aliphatic carbocycles. The van der Waals surface area contributed by atoms with Gasteiger partial charge in [-0.2, -0.15) is 0 Å². The Morgan fingerprint density at radius 2 is 2.16 bits per heavy atom. The van der Waals surface area contributed by atoms with Crippen LogP contribution in [-0.4, -0.2) is 42.8 Å². The van der Waals surface area contributed by atoms with Gasteiger partial charge in [-0.3, -0.25) is 4.79 Å². The summed E-state index contributed by atoms with van der Waals surface area (Å²) in [5.41, 5.74) is 0. The number of aromatic nitrogens is 2. The maximum Gasteiger partial charge on any atom is 0.318 e. The topological polar surface area (TPSA) is 83.3 Å². The molecule has 0 saturated heterocycles. The Kier molecular flexibility index (Phi) is 6.27. The fourth-order valence-corrected chi connectivity index (χ4v) is 1.36. The number of likely N-dealkylation sites (N-methyl/N-ethyl adjacent to an activating group) is 1. The highest BCUT2D eigenvalue weighted by molar-refractivity contribution is 5.80. The Morgan fingerprint density at radius 1 is 1.42 bits per heavy atom. The molecule has 0 bridgehead atoms. The smallest absolute Gasteiger partial charge is 0.318 e. The zero-order valence-electron chi connectivity index (χ0n) is 12.1. The largest absolute Gasteiger partial charge is 0.407 e. The van der Waals surface area contributed by atoms with E-state index in [1.54, 1.807) is 11.9 Å². The molecule has 0 fully saturated rings. The third-order valence-electron chi connectivity index (χ3n) is 2.40. The second kappa shape index (κ2) is 7.73. The number of carbonyl (C=O) groups is 1. The molecule has 0 radical (unpaired) electrons. The zero-order chi connectivity index (χ0) is 14.3. The first-order chi connectivity index (χ1) is 9.02. The lowest BCUT2D eigenvalue weighted by Crippen LogP contribution is -2.37. The zero-order valence-corrected chi connectivity index (χ0v) is 12.1. The van der Waals surface area contributed by atoms with Gasteiger partial charge in [0.25, 0.3) is 0 Å². The molecule has 1 rings (SSSR count). The predicted molar refractivity (Wildman–Crippen MR) is 72.8 cm³/mol. The Labute approximate surface area is 113 Å². The molecule has 1 amide bonds. The van der Waals surface area contributed by atoms with Crippen LogP contribution in [0.4, 0.5) is 6.01 Å². The van der Waals surface area contributed by atoms with Crippen molar-refractivity contribution in [2.24, 2.45) is 5.92 Å². The lowest BCUT2D eigenvalue weighted by Gasteiger charge is -2.14. The third kappa shape index (κ3) is 5.69. The Hall–Kier alpha value is -1.63. The van der Waals surface area contributed by atoms with Gasteiger partial charge in [-0.25, -0.2) is 0 Å². The molecule has 0 atom stereocenters. The highest BCUT2D eigenvalue weighted by Crippen LogP contribution is 2.09. The molecule has 0 saturated carbocycles. The van der Waals surface area contributed by atoms with Gasteiger partial charge in [0, 0.05) is 13.6 Å². The fourth-order valence-electron chi connectivity index (χ4n) is 1.36. The molecule has 7 heteroatoms. The average molecular weight is 269 g/mol. The van der Waals surface area contributed by atoms with E-state index in [0.29, 0.717) is 30.9 Å². The minimum atomic E-state index is -0.0531. The maximum atomic E-state index is 11.7. The number of nitrogens with zero attached hydrogens (tertiary/aromatic N) is 3. The van der Waals surface area contributed by atoms with Crippen molar-refractivity contribution in [1.82, 2.24) is 20.8 Å². The number of anilines is 1. The second-order valence-electron chi connectivity index (χ2n) is 4.81. The van der Waals surface area contributed by atoms with Gasteiger partial charge in [0.1, 0.15) is 6.54 Å². The molecule has 0 aromatic carbocycles. The lowest BCUT2D eigenvalue weighted by molar-refractivity contribution is -0.119. The molecular formula is C12H23N5O2. The summed E-state index contributed by atoms with van der Waals surface area (Å²) in [6.45, 7) is 8.35. The SMILES string of the molecule is CCNCc1nnc(N(C)CC(=O)NCC(C)C)o1. The van der Waals surface area contributed by atoms with Crippen molar-refractivity contribution in [3.05, 3.63) is 5.89 Å². The molecule has 0 unspecified atom stereocenters. The van der Waals surface area contributed by atoms with E-state index in [9.17, 15) is 4.79 Å². The van der Waals surface area contributed by atoms with Crippen molar-refractivity contribution >= 4 is 11.9 Å². The molecular weight excluding hydrogens is 246 g/mol. The van der Waals surface area contributed by atoms with Crippen LogP contribution in [0.25, 0.3) is 0 Å².